The summed E-state index contributed by atoms with van der Waals surface area (Å²) in [6.07, 6.45) is -1.18. The van der Waals surface area contributed by atoms with Gasteiger partial charge in [-0.25, -0.2) is 8.78 Å². The van der Waals surface area contributed by atoms with E-state index in [0.717, 1.165) is 0 Å². The van der Waals surface area contributed by atoms with E-state index in [4.69, 9.17) is 11.0 Å². The molecule has 0 bridgehead atoms. The van der Waals surface area contributed by atoms with Crippen molar-refractivity contribution in [3.8, 4) is 6.07 Å². The Labute approximate surface area is 80.2 Å². The van der Waals surface area contributed by atoms with Crippen LogP contribution in [-0.4, -0.2) is 4.98 Å². The molecule has 0 aliphatic carbocycles. The molecule has 3 nitrogen and oxygen atoms in total. The van der Waals surface area contributed by atoms with Crippen LogP contribution < -0.4 is 5.73 Å². The van der Waals surface area contributed by atoms with Gasteiger partial charge in [0, 0.05) is 12.7 Å². The van der Waals surface area contributed by atoms with E-state index in [1.165, 1.54) is 12.3 Å². The molecule has 0 saturated heterocycles. The SMILES string of the molecule is N#CCc1cnc(C(F)F)c(CN)c1. The number of aromatic nitrogens is 1. The molecule has 0 fully saturated rings. The number of alkyl halides is 2. The van der Waals surface area contributed by atoms with Crippen LogP contribution >= 0.6 is 0 Å². The highest BCUT2D eigenvalue weighted by molar-refractivity contribution is 5.27. The van der Waals surface area contributed by atoms with Gasteiger partial charge in [0.15, 0.2) is 0 Å². The number of nitrogens with zero attached hydrogens (tertiary/aromatic N) is 2. The third kappa shape index (κ3) is 2.24. The molecule has 0 saturated carbocycles. The lowest BCUT2D eigenvalue weighted by molar-refractivity contribution is 0.145. The number of rotatable bonds is 3. The lowest BCUT2D eigenvalue weighted by Gasteiger charge is -2.06. The minimum atomic E-state index is -2.62. The standard InChI is InChI=1S/C9H9F2N3/c10-9(11)8-7(4-13)3-6(1-2-12)5-14-8/h3,5,9H,1,4,13H2. The van der Waals surface area contributed by atoms with Crippen LogP contribution in [0.4, 0.5) is 8.78 Å². The second kappa shape index (κ2) is 4.63. The molecule has 0 atom stereocenters. The second-order valence-corrected chi connectivity index (χ2v) is 2.73. The number of halogens is 2. The van der Waals surface area contributed by atoms with Crippen molar-refractivity contribution in [1.82, 2.24) is 4.98 Å². The van der Waals surface area contributed by atoms with Crippen LogP contribution in [0.3, 0.4) is 0 Å². The van der Waals surface area contributed by atoms with Crippen molar-refractivity contribution in [1.29, 1.82) is 5.26 Å². The predicted molar refractivity (Wildman–Crippen MR) is 46.4 cm³/mol. The lowest BCUT2D eigenvalue weighted by atomic mass is 10.1. The quantitative estimate of drug-likeness (QED) is 0.799. The Morgan fingerprint density at radius 1 is 1.57 bits per heavy atom. The number of nitriles is 1. The van der Waals surface area contributed by atoms with Crippen molar-refractivity contribution in [3.05, 3.63) is 29.1 Å². The van der Waals surface area contributed by atoms with Crippen molar-refractivity contribution in [2.75, 3.05) is 0 Å². The maximum Gasteiger partial charge on any atom is 0.280 e. The van der Waals surface area contributed by atoms with Gasteiger partial charge in [-0.2, -0.15) is 5.26 Å². The van der Waals surface area contributed by atoms with Gasteiger partial charge in [-0.15, -0.1) is 0 Å². The highest BCUT2D eigenvalue weighted by Crippen LogP contribution is 2.21. The average molecular weight is 197 g/mol. The van der Waals surface area contributed by atoms with Crippen LogP contribution in [0.2, 0.25) is 0 Å². The van der Waals surface area contributed by atoms with Gasteiger partial charge in [-0.3, -0.25) is 4.98 Å². The summed E-state index contributed by atoms with van der Waals surface area (Å²) in [4.78, 5) is 3.59. The Bertz CT molecular complexity index is 358. The van der Waals surface area contributed by atoms with Crippen LogP contribution in [0.5, 0.6) is 0 Å². The Morgan fingerprint density at radius 3 is 2.79 bits per heavy atom. The van der Waals surface area contributed by atoms with E-state index in [2.05, 4.69) is 4.98 Å². The van der Waals surface area contributed by atoms with E-state index >= 15 is 0 Å². The first-order chi connectivity index (χ1) is 6.69. The molecule has 0 aliphatic rings. The third-order valence-electron chi connectivity index (χ3n) is 1.77. The van der Waals surface area contributed by atoms with Crippen LogP contribution in [0.15, 0.2) is 12.3 Å². The molecule has 5 heteroatoms. The van der Waals surface area contributed by atoms with E-state index in [0.29, 0.717) is 11.1 Å². The fourth-order valence-electron chi connectivity index (χ4n) is 1.12. The maximum atomic E-state index is 12.3. The normalized spacial score (nSPS) is 10.2. The molecule has 74 valence electrons. The molecule has 1 aromatic rings. The molecule has 1 heterocycles. The molecular formula is C9H9F2N3. The summed E-state index contributed by atoms with van der Waals surface area (Å²) >= 11 is 0. The Kier molecular flexibility index (Phi) is 3.48. The van der Waals surface area contributed by atoms with E-state index in [1.54, 1.807) is 0 Å². The molecule has 0 unspecified atom stereocenters. The van der Waals surface area contributed by atoms with Crippen LogP contribution in [0.25, 0.3) is 0 Å². The molecule has 1 rings (SSSR count). The molecular weight excluding hydrogens is 188 g/mol. The second-order valence-electron chi connectivity index (χ2n) is 2.73. The van der Waals surface area contributed by atoms with E-state index in [1.807, 2.05) is 6.07 Å². The number of pyridine rings is 1. The minimum Gasteiger partial charge on any atom is -0.326 e. The first-order valence-electron chi connectivity index (χ1n) is 4.02. The molecule has 0 aromatic carbocycles. The number of hydrogen-bond acceptors (Lipinski definition) is 3. The van der Waals surface area contributed by atoms with Gasteiger partial charge in [0.2, 0.25) is 0 Å². The van der Waals surface area contributed by atoms with Crippen LogP contribution in [-0.2, 0) is 13.0 Å². The summed E-state index contributed by atoms with van der Waals surface area (Å²) in [6.45, 7) is 0.00589. The van der Waals surface area contributed by atoms with Gasteiger partial charge in [-0.05, 0) is 17.2 Å². The van der Waals surface area contributed by atoms with Crippen molar-refractivity contribution in [2.24, 2.45) is 5.73 Å². The topological polar surface area (TPSA) is 62.7 Å². The first kappa shape index (κ1) is 10.5. The summed E-state index contributed by atoms with van der Waals surface area (Å²) in [5.74, 6) is 0. The van der Waals surface area contributed by atoms with Gasteiger partial charge in [-0.1, -0.05) is 0 Å². The zero-order valence-electron chi connectivity index (χ0n) is 7.37. The third-order valence-corrected chi connectivity index (χ3v) is 1.77. The molecule has 0 spiro atoms. The van der Waals surface area contributed by atoms with Gasteiger partial charge < -0.3 is 5.73 Å². The van der Waals surface area contributed by atoms with E-state index in [9.17, 15) is 8.78 Å². The Morgan fingerprint density at radius 2 is 2.29 bits per heavy atom. The van der Waals surface area contributed by atoms with Gasteiger partial charge >= 0.3 is 0 Å². The maximum absolute atomic E-state index is 12.3. The Hall–Kier alpha value is -1.54. The zero-order chi connectivity index (χ0) is 10.6. The minimum absolute atomic E-state index is 0.00589. The summed E-state index contributed by atoms with van der Waals surface area (Å²) in [7, 11) is 0. The highest BCUT2D eigenvalue weighted by Gasteiger charge is 2.13. The molecule has 0 radical (unpaired) electrons. The fraction of sp³-hybridized carbons (Fsp3) is 0.333. The van der Waals surface area contributed by atoms with Crippen molar-refractivity contribution in [3.63, 3.8) is 0 Å². The van der Waals surface area contributed by atoms with Crippen LogP contribution in [0.1, 0.15) is 23.2 Å². The molecule has 0 aliphatic heterocycles. The van der Waals surface area contributed by atoms with Crippen molar-refractivity contribution < 1.29 is 8.78 Å². The lowest BCUT2D eigenvalue weighted by Crippen LogP contribution is -2.05. The molecule has 1 aromatic heterocycles. The first-order valence-corrected chi connectivity index (χ1v) is 4.02. The summed E-state index contributed by atoms with van der Waals surface area (Å²) < 4.78 is 24.7. The molecule has 14 heavy (non-hydrogen) atoms. The van der Waals surface area contributed by atoms with E-state index in [-0.39, 0.29) is 18.7 Å². The molecule has 0 amide bonds. The summed E-state index contributed by atoms with van der Waals surface area (Å²) in [6, 6.07) is 3.41. The van der Waals surface area contributed by atoms with Crippen molar-refractivity contribution >= 4 is 0 Å². The van der Waals surface area contributed by atoms with Crippen molar-refractivity contribution in [2.45, 2.75) is 19.4 Å². The number of nitrogens with two attached hydrogens (primary N) is 1. The monoisotopic (exact) mass is 197 g/mol. The highest BCUT2D eigenvalue weighted by atomic mass is 19.3. The molecule has 2 N–H and O–H groups in total. The summed E-state index contributed by atoms with van der Waals surface area (Å²) in [5.41, 5.74) is 5.91. The Balaban J connectivity index is 3.06. The van der Waals surface area contributed by atoms with E-state index < -0.39 is 6.43 Å². The largest absolute Gasteiger partial charge is 0.326 e. The zero-order valence-corrected chi connectivity index (χ0v) is 7.37. The average Bonchev–Trinajstić information content (AvgIpc) is 2.17. The summed E-state index contributed by atoms with van der Waals surface area (Å²) in [5, 5.41) is 8.40. The van der Waals surface area contributed by atoms with Gasteiger partial charge in [0.1, 0.15) is 5.69 Å². The number of hydrogen-bond donors (Lipinski definition) is 1. The smallest absolute Gasteiger partial charge is 0.280 e. The van der Waals surface area contributed by atoms with Crippen LogP contribution in [0, 0.1) is 11.3 Å². The predicted octanol–water partition coefficient (Wildman–Crippen LogP) is 1.54. The van der Waals surface area contributed by atoms with Gasteiger partial charge in [0.05, 0.1) is 12.5 Å². The fourth-order valence-corrected chi connectivity index (χ4v) is 1.12. The van der Waals surface area contributed by atoms with Gasteiger partial charge in [0.25, 0.3) is 6.43 Å².